The van der Waals surface area contributed by atoms with Crippen molar-refractivity contribution < 1.29 is 9.90 Å². The number of H-pyrrole nitrogens is 1. The molecule has 3 nitrogen and oxygen atoms in total. The number of aromatic carboxylic acids is 1. The molecule has 3 aromatic rings. The van der Waals surface area contributed by atoms with E-state index in [1.165, 1.54) is 0 Å². The van der Waals surface area contributed by atoms with Crippen molar-refractivity contribution in [1.29, 1.82) is 0 Å². The maximum Gasteiger partial charge on any atom is 0.352 e. The second-order valence-electron chi connectivity index (χ2n) is 4.42. The SMILES string of the molecule is O=C(O)c1cc2ccc(-c3ccc(Cl)c(Cl)c3)cc2[nH]1. The first-order valence-corrected chi connectivity index (χ1v) is 6.62. The number of halogens is 2. The van der Waals surface area contributed by atoms with Gasteiger partial charge in [-0.25, -0.2) is 4.79 Å². The lowest BCUT2D eigenvalue weighted by molar-refractivity contribution is 0.0691. The van der Waals surface area contributed by atoms with Crippen LogP contribution in [0.1, 0.15) is 10.5 Å². The standard InChI is InChI=1S/C15H9Cl2NO2/c16-11-4-3-8(5-12(11)17)9-1-2-10-7-14(15(19)20)18-13(10)6-9/h1-7,18H,(H,19,20). The third-order valence-corrected chi connectivity index (χ3v) is 3.84. The maximum atomic E-state index is 10.9. The molecule has 0 fully saturated rings. The van der Waals surface area contributed by atoms with E-state index in [0.29, 0.717) is 10.0 Å². The molecule has 100 valence electrons. The topological polar surface area (TPSA) is 53.1 Å². The molecule has 0 saturated carbocycles. The molecule has 0 saturated heterocycles. The molecule has 0 aliphatic heterocycles. The van der Waals surface area contributed by atoms with Crippen molar-refractivity contribution >= 4 is 40.1 Å². The molecule has 0 radical (unpaired) electrons. The molecular formula is C15H9Cl2NO2. The zero-order chi connectivity index (χ0) is 14.3. The number of nitrogens with one attached hydrogen (secondary N) is 1. The molecule has 2 aromatic carbocycles. The van der Waals surface area contributed by atoms with Crippen LogP contribution in [0.2, 0.25) is 10.0 Å². The fraction of sp³-hybridized carbons (Fsp3) is 0. The predicted molar refractivity (Wildman–Crippen MR) is 80.7 cm³/mol. The normalized spacial score (nSPS) is 10.9. The van der Waals surface area contributed by atoms with Gasteiger partial charge in [0.15, 0.2) is 0 Å². The van der Waals surface area contributed by atoms with Gasteiger partial charge in [0.25, 0.3) is 0 Å². The number of carboxylic acids is 1. The lowest BCUT2D eigenvalue weighted by Crippen LogP contribution is -1.94. The van der Waals surface area contributed by atoms with E-state index in [1.807, 2.05) is 24.3 Å². The Morgan fingerprint density at radius 2 is 1.65 bits per heavy atom. The van der Waals surface area contributed by atoms with Gasteiger partial charge in [-0.1, -0.05) is 41.4 Å². The summed E-state index contributed by atoms with van der Waals surface area (Å²) >= 11 is 11.9. The zero-order valence-electron chi connectivity index (χ0n) is 10.2. The molecule has 20 heavy (non-hydrogen) atoms. The number of carboxylic acid groups (broad SMARTS) is 1. The minimum atomic E-state index is -0.975. The van der Waals surface area contributed by atoms with E-state index >= 15 is 0 Å². The Labute approximate surface area is 124 Å². The van der Waals surface area contributed by atoms with E-state index in [4.69, 9.17) is 28.3 Å². The fourth-order valence-corrected chi connectivity index (χ4v) is 2.40. The first-order valence-electron chi connectivity index (χ1n) is 5.86. The molecule has 3 rings (SSSR count). The second-order valence-corrected chi connectivity index (χ2v) is 5.23. The molecule has 2 N–H and O–H groups in total. The smallest absolute Gasteiger partial charge is 0.352 e. The van der Waals surface area contributed by atoms with Crippen LogP contribution in [-0.4, -0.2) is 16.1 Å². The van der Waals surface area contributed by atoms with Crippen molar-refractivity contribution in [3.8, 4) is 11.1 Å². The van der Waals surface area contributed by atoms with Crippen molar-refractivity contribution in [2.45, 2.75) is 0 Å². The average Bonchev–Trinajstić information content (AvgIpc) is 2.85. The Morgan fingerprint density at radius 1 is 0.950 bits per heavy atom. The Kier molecular flexibility index (Phi) is 3.16. The van der Waals surface area contributed by atoms with Gasteiger partial charge in [0.1, 0.15) is 5.69 Å². The van der Waals surface area contributed by atoms with Crippen LogP contribution in [0, 0.1) is 0 Å². The van der Waals surface area contributed by atoms with Crippen LogP contribution < -0.4 is 0 Å². The summed E-state index contributed by atoms with van der Waals surface area (Å²) in [5.41, 5.74) is 2.81. The summed E-state index contributed by atoms with van der Waals surface area (Å²) in [5, 5.41) is 10.8. The van der Waals surface area contributed by atoms with Gasteiger partial charge in [-0.3, -0.25) is 0 Å². The van der Waals surface area contributed by atoms with Crippen LogP contribution in [0.25, 0.3) is 22.0 Å². The zero-order valence-corrected chi connectivity index (χ0v) is 11.7. The maximum absolute atomic E-state index is 10.9. The first kappa shape index (κ1) is 13.0. The number of rotatable bonds is 2. The van der Waals surface area contributed by atoms with Crippen LogP contribution in [0.5, 0.6) is 0 Å². The van der Waals surface area contributed by atoms with Crippen molar-refractivity contribution in [2.75, 3.05) is 0 Å². The number of hydrogen-bond acceptors (Lipinski definition) is 1. The number of benzene rings is 2. The average molecular weight is 306 g/mol. The molecule has 0 aliphatic carbocycles. The predicted octanol–water partition coefficient (Wildman–Crippen LogP) is 4.84. The minimum Gasteiger partial charge on any atom is -0.477 e. The van der Waals surface area contributed by atoms with Gasteiger partial charge in [-0.15, -0.1) is 0 Å². The van der Waals surface area contributed by atoms with Crippen molar-refractivity contribution in [3.63, 3.8) is 0 Å². The largest absolute Gasteiger partial charge is 0.477 e. The summed E-state index contributed by atoms with van der Waals surface area (Å²) in [6.07, 6.45) is 0. The van der Waals surface area contributed by atoms with E-state index in [0.717, 1.165) is 22.0 Å². The van der Waals surface area contributed by atoms with E-state index in [2.05, 4.69) is 4.98 Å². The summed E-state index contributed by atoms with van der Waals surface area (Å²) in [7, 11) is 0. The molecule has 0 bridgehead atoms. The van der Waals surface area contributed by atoms with Gasteiger partial charge in [-0.2, -0.15) is 0 Å². The lowest BCUT2D eigenvalue weighted by Gasteiger charge is -2.04. The highest BCUT2D eigenvalue weighted by Gasteiger charge is 2.09. The van der Waals surface area contributed by atoms with E-state index < -0.39 is 5.97 Å². The molecule has 0 aliphatic rings. The van der Waals surface area contributed by atoms with Crippen LogP contribution in [0.3, 0.4) is 0 Å². The number of carbonyl (C=O) groups is 1. The third kappa shape index (κ3) is 2.26. The van der Waals surface area contributed by atoms with Gasteiger partial charge in [-0.05, 0) is 35.4 Å². The number of hydrogen-bond donors (Lipinski definition) is 2. The first-order chi connectivity index (χ1) is 9.54. The van der Waals surface area contributed by atoms with Crippen LogP contribution in [0.15, 0.2) is 42.5 Å². The summed E-state index contributed by atoms with van der Waals surface area (Å²) < 4.78 is 0. The molecule has 0 atom stereocenters. The van der Waals surface area contributed by atoms with Gasteiger partial charge >= 0.3 is 5.97 Å². The molecule has 5 heteroatoms. The lowest BCUT2D eigenvalue weighted by atomic mass is 10.0. The van der Waals surface area contributed by atoms with Gasteiger partial charge in [0, 0.05) is 10.9 Å². The Hall–Kier alpha value is -1.97. The van der Waals surface area contributed by atoms with Crippen LogP contribution in [0.4, 0.5) is 0 Å². The summed E-state index contributed by atoms with van der Waals surface area (Å²) in [4.78, 5) is 13.8. The highest BCUT2D eigenvalue weighted by molar-refractivity contribution is 6.42. The molecule has 0 amide bonds. The minimum absolute atomic E-state index is 0.172. The molecule has 0 unspecified atom stereocenters. The van der Waals surface area contributed by atoms with Gasteiger partial charge in [0.2, 0.25) is 0 Å². The number of fused-ring (bicyclic) bond motifs is 1. The Balaban J connectivity index is 2.12. The van der Waals surface area contributed by atoms with Crippen molar-refractivity contribution in [2.24, 2.45) is 0 Å². The highest BCUT2D eigenvalue weighted by Crippen LogP contribution is 2.30. The number of aromatic amines is 1. The monoisotopic (exact) mass is 305 g/mol. The quantitative estimate of drug-likeness (QED) is 0.711. The van der Waals surface area contributed by atoms with E-state index in [9.17, 15) is 4.79 Å². The molecule has 1 heterocycles. The Morgan fingerprint density at radius 3 is 2.35 bits per heavy atom. The Bertz CT molecular complexity index is 824. The third-order valence-electron chi connectivity index (χ3n) is 3.11. The van der Waals surface area contributed by atoms with Crippen LogP contribution >= 0.6 is 23.2 Å². The number of aromatic nitrogens is 1. The summed E-state index contributed by atoms with van der Waals surface area (Å²) in [5.74, 6) is -0.975. The second kappa shape index (κ2) is 4.85. The van der Waals surface area contributed by atoms with Crippen molar-refractivity contribution in [3.05, 3.63) is 58.2 Å². The summed E-state index contributed by atoms with van der Waals surface area (Å²) in [6, 6.07) is 12.7. The van der Waals surface area contributed by atoms with E-state index in [1.54, 1.807) is 18.2 Å². The molecule has 1 aromatic heterocycles. The van der Waals surface area contributed by atoms with E-state index in [-0.39, 0.29) is 5.69 Å². The highest BCUT2D eigenvalue weighted by atomic mass is 35.5. The van der Waals surface area contributed by atoms with Crippen LogP contribution in [-0.2, 0) is 0 Å². The van der Waals surface area contributed by atoms with Gasteiger partial charge in [0.05, 0.1) is 10.0 Å². The molecular weight excluding hydrogens is 297 g/mol. The van der Waals surface area contributed by atoms with Gasteiger partial charge < -0.3 is 10.1 Å². The fourth-order valence-electron chi connectivity index (χ4n) is 2.10. The molecule has 0 spiro atoms. The summed E-state index contributed by atoms with van der Waals surface area (Å²) in [6.45, 7) is 0. The van der Waals surface area contributed by atoms with Crippen molar-refractivity contribution in [1.82, 2.24) is 4.98 Å².